The van der Waals surface area contributed by atoms with Crippen molar-refractivity contribution in [3.8, 4) is 0 Å². The van der Waals surface area contributed by atoms with E-state index in [2.05, 4.69) is 31.1 Å². The van der Waals surface area contributed by atoms with Crippen LogP contribution < -0.4 is 5.32 Å². The maximum Gasteiger partial charge on any atom is 0.325 e. The van der Waals surface area contributed by atoms with Crippen molar-refractivity contribution < 1.29 is 14.7 Å². The zero-order valence-electron chi connectivity index (χ0n) is 12.7. The van der Waals surface area contributed by atoms with Crippen molar-refractivity contribution in [2.45, 2.75) is 39.2 Å². The maximum absolute atomic E-state index is 12.0. The molecule has 0 aliphatic heterocycles. The Morgan fingerprint density at radius 1 is 1.24 bits per heavy atom. The van der Waals surface area contributed by atoms with Crippen molar-refractivity contribution in [3.05, 3.63) is 35.5 Å². The fourth-order valence-corrected chi connectivity index (χ4v) is 2.05. The molecule has 5 nitrogen and oxygen atoms in total. The molecule has 0 radical (unpaired) electrons. The molecule has 112 valence electrons. The highest BCUT2D eigenvalue weighted by atomic mass is 16.4. The second-order valence-corrected chi connectivity index (χ2v) is 6.27. The fourth-order valence-electron chi connectivity index (χ4n) is 2.05. The fraction of sp³-hybridized carbons (Fsp3) is 0.375. The first-order chi connectivity index (χ1) is 9.68. The summed E-state index contributed by atoms with van der Waals surface area (Å²) in [5.74, 6) is -1.48. The topological polar surface area (TPSA) is 82.2 Å². The van der Waals surface area contributed by atoms with Crippen molar-refractivity contribution in [1.29, 1.82) is 0 Å². The second kappa shape index (κ2) is 5.24. The van der Waals surface area contributed by atoms with Gasteiger partial charge < -0.3 is 15.4 Å². The standard InChI is InChI=1S/C16H20N2O3/c1-9(15(20)21)17-14(19)13-7-10-5-6-11(16(2,3)4)8-12(10)18-13/h5-9,18H,1-4H3,(H,17,19)(H,20,21)/t9-/m0/s1. The number of rotatable bonds is 3. The molecular weight excluding hydrogens is 268 g/mol. The Morgan fingerprint density at radius 3 is 2.48 bits per heavy atom. The van der Waals surface area contributed by atoms with Crippen molar-refractivity contribution in [1.82, 2.24) is 10.3 Å². The zero-order chi connectivity index (χ0) is 15.8. The summed E-state index contributed by atoms with van der Waals surface area (Å²) in [4.78, 5) is 25.8. The van der Waals surface area contributed by atoms with E-state index < -0.39 is 17.9 Å². The monoisotopic (exact) mass is 288 g/mol. The third kappa shape index (κ3) is 3.24. The Labute approximate surface area is 123 Å². The molecule has 2 aromatic rings. The number of aromatic nitrogens is 1. The smallest absolute Gasteiger partial charge is 0.325 e. The molecule has 21 heavy (non-hydrogen) atoms. The zero-order valence-corrected chi connectivity index (χ0v) is 12.7. The minimum absolute atomic E-state index is 0.0273. The number of aliphatic carboxylic acids is 1. The van der Waals surface area contributed by atoms with Gasteiger partial charge in [-0.25, -0.2) is 0 Å². The number of benzene rings is 1. The predicted molar refractivity (Wildman–Crippen MR) is 81.6 cm³/mol. The van der Waals surface area contributed by atoms with Crippen LogP contribution in [0.5, 0.6) is 0 Å². The molecule has 1 aromatic carbocycles. The number of carbonyl (C=O) groups is 2. The number of hydrogen-bond acceptors (Lipinski definition) is 2. The Hall–Kier alpha value is -2.30. The van der Waals surface area contributed by atoms with Crippen LogP contribution in [0.1, 0.15) is 43.7 Å². The molecule has 3 N–H and O–H groups in total. The Morgan fingerprint density at radius 2 is 1.90 bits per heavy atom. The highest BCUT2D eigenvalue weighted by Gasteiger charge is 2.18. The van der Waals surface area contributed by atoms with E-state index in [1.54, 1.807) is 6.07 Å². The van der Waals surface area contributed by atoms with Crippen molar-refractivity contribution >= 4 is 22.8 Å². The lowest BCUT2D eigenvalue weighted by Crippen LogP contribution is -2.38. The van der Waals surface area contributed by atoms with Gasteiger partial charge in [0.15, 0.2) is 0 Å². The van der Waals surface area contributed by atoms with Crippen LogP contribution in [-0.2, 0) is 10.2 Å². The lowest BCUT2D eigenvalue weighted by Gasteiger charge is -2.18. The minimum Gasteiger partial charge on any atom is -0.480 e. The van der Waals surface area contributed by atoms with Crippen molar-refractivity contribution in [3.63, 3.8) is 0 Å². The van der Waals surface area contributed by atoms with E-state index in [9.17, 15) is 9.59 Å². The lowest BCUT2D eigenvalue weighted by molar-refractivity contribution is -0.138. The van der Waals surface area contributed by atoms with E-state index >= 15 is 0 Å². The van der Waals surface area contributed by atoms with Crippen LogP contribution in [0.15, 0.2) is 24.3 Å². The molecule has 0 unspecified atom stereocenters. The molecule has 0 saturated heterocycles. The van der Waals surface area contributed by atoms with Crippen LogP contribution in [0.3, 0.4) is 0 Å². The summed E-state index contributed by atoms with van der Waals surface area (Å²) in [5, 5.41) is 12.2. The molecule has 2 rings (SSSR count). The lowest BCUT2D eigenvalue weighted by atomic mass is 9.87. The molecule has 1 aromatic heterocycles. The third-order valence-corrected chi connectivity index (χ3v) is 3.45. The van der Waals surface area contributed by atoms with Crippen molar-refractivity contribution in [2.75, 3.05) is 0 Å². The number of H-pyrrole nitrogens is 1. The van der Waals surface area contributed by atoms with Crippen LogP contribution in [-0.4, -0.2) is 28.0 Å². The first-order valence-corrected chi connectivity index (χ1v) is 6.85. The summed E-state index contributed by atoms with van der Waals surface area (Å²) in [6.07, 6.45) is 0. The van der Waals surface area contributed by atoms with E-state index in [4.69, 9.17) is 5.11 Å². The van der Waals surface area contributed by atoms with Gasteiger partial charge in [-0.1, -0.05) is 32.9 Å². The average Bonchev–Trinajstić information content (AvgIpc) is 2.80. The van der Waals surface area contributed by atoms with E-state index in [1.165, 1.54) is 12.5 Å². The highest BCUT2D eigenvalue weighted by molar-refractivity contribution is 5.99. The normalized spacial score (nSPS) is 13.1. The molecule has 0 saturated carbocycles. The molecular formula is C16H20N2O3. The quantitative estimate of drug-likeness (QED) is 0.812. The number of fused-ring (bicyclic) bond motifs is 1. The van der Waals surface area contributed by atoms with Crippen LogP contribution >= 0.6 is 0 Å². The average molecular weight is 288 g/mol. The van der Waals surface area contributed by atoms with Crippen LogP contribution in [0, 0.1) is 0 Å². The van der Waals surface area contributed by atoms with Gasteiger partial charge in [-0.05, 0) is 30.0 Å². The summed E-state index contributed by atoms with van der Waals surface area (Å²) >= 11 is 0. The van der Waals surface area contributed by atoms with Gasteiger partial charge in [0.2, 0.25) is 0 Å². The SMILES string of the molecule is C[C@H](NC(=O)c1cc2ccc(C(C)(C)C)cc2[nH]1)C(=O)O. The van der Waals surface area contributed by atoms with Gasteiger partial charge in [-0.2, -0.15) is 0 Å². The van der Waals surface area contributed by atoms with E-state index in [0.29, 0.717) is 5.69 Å². The largest absolute Gasteiger partial charge is 0.480 e. The van der Waals surface area contributed by atoms with E-state index in [1.807, 2.05) is 18.2 Å². The van der Waals surface area contributed by atoms with Crippen LogP contribution in [0.2, 0.25) is 0 Å². The number of carboxylic acid groups (broad SMARTS) is 1. The summed E-state index contributed by atoms with van der Waals surface area (Å²) < 4.78 is 0. The van der Waals surface area contributed by atoms with E-state index in [0.717, 1.165) is 10.9 Å². The molecule has 1 amide bonds. The minimum atomic E-state index is -1.06. The van der Waals surface area contributed by atoms with Crippen molar-refractivity contribution in [2.24, 2.45) is 0 Å². The van der Waals surface area contributed by atoms with Gasteiger partial charge in [0.25, 0.3) is 5.91 Å². The van der Waals surface area contributed by atoms with Gasteiger partial charge in [0, 0.05) is 10.9 Å². The molecule has 0 aliphatic rings. The van der Waals surface area contributed by atoms with Gasteiger partial charge in [-0.3, -0.25) is 9.59 Å². The molecule has 0 spiro atoms. The number of aromatic amines is 1. The third-order valence-electron chi connectivity index (χ3n) is 3.45. The summed E-state index contributed by atoms with van der Waals surface area (Å²) in [7, 11) is 0. The summed E-state index contributed by atoms with van der Waals surface area (Å²) in [6.45, 7) is 7.80. The Bertz CT molecular complexity index is 695. The van der Waals surface area contributed by atoms with Gasteiger partial charge in [0.05, 0.1) is 0 Å². The number of carboxylic acids is 1. The molecule has 5 heteroatoms. The maximum atomic E-state index is 12.0. The first kappa shape index (κ1) is 15.1. The molecule has 1 heterocycles. The summed E-state index contributed by atoms with van der Waals surface area (Å²) in [6, 6.07) is 6.83. The molecule has 0 fully saturated rings. The van der Waals surface area contributed by atoms with Crippen LogP contribution in [0.4, 0.5) is 0 Å². The number of nitrogens with one attached hydrogen (secondary N) is 2. The molecule has 1 atom stereocenters. The number of hydrogen-bond donors (Lipinski definition) is 3. The first-order valence-electron chi connectivity index (χ1n) is 6.85. The van der Waals surface area contributed by atoms with Gasteiger partial charge in [-0.15, -0.1) is 0 Å². The number of carbonyl (C=O) groups excluding carboxylic acids is 1. The Kier molecular flexibility index (Phi) is 3.77. The van der Waals surface area contributed by atoms with Gasteiger partial charge >= 0.3 is 5.97 Å². The molecule has 0 bridgehead atoms. The van der Waals surface area contributed by atoms with Gasteiger partial charge in [0.1, 0.15) is 11.7 Å². The predicted octanol–water partition coefficient (Wildman–Crippen LogP) is 2.67. The van der Waals surface area contributed by atoms with E-state index in [-0.39, 0.29) is 5.41 Å². The summed E-state index contributed by atoms with van der Waals surface area (Å²) in [5.41, 5.74) is 2.43. The second-order valence-electron chi connectivity index (χ2n) is 6.27. The Balaban J connectivity index is 2.31. The number of amides is 1. The highest BCUT2D eigenvalue weighted by Crippen LogP contribution is 2.26. The molecule has 0 aliphatic carbocycles. The van der Waals surface area contributed by atoms with Crippen LogP contribution in [0.25, 0.3) is 10.9 Å².